The summed E-state index contributed by atoms with van der Waals surface area (Å²) < 4.78 is 0. The van der Waals surface area contributed by atoms with Crippen LogP contribution in [0.5, 0.6) is 0 Å². The lowest BCUT2D eigenvalue weighted by molar-refractivity contribution is 0.528. The highest BCUT2D eigenvalue weighted by Gasteiger charge is 2.13. The summed E-state index contributed by atoms with van der Waals surface area (Å²) in [6, 6.07) is 9.43. The average molecular weight is 274 g/mol. The molecule has 3 heteroatoms. The maximum atomic E-state index is 4.18. The van der Waals surface area contributed by atoms with Crippen LogP contribution in [0, 0.1) is 6.92 Å². The average Bonchev–Trinajstić information content (AvgIpc) is 2.88. The molecule has 0 saturated carbocycles. The number of aryl methyl sites for hydroxylation is 1. The molecule has 0 amide bonds. The van der Waals surface area contributed by atoms with Crippen LogP contribution in [0.25, 0.3) is 0 Å². The Labute approximate surface area is 119 Å². The van der Waals surface area contributed by atoms with Gasteiger partial charge in [0, 0.05) is 29.6 Å². The van der Waals surface area contributed by atoms with Crippen molar-refractivity contribution in [2.75, 3.05) is 6.54 Å². The maximum Gasteiger partial charge on any atom is 0.0794 e. The Balaban J connectivity index is 2.11. The van der Waals surface area contributed by atoms with Gasteiger partial charge in [-0.3, -0.25) is 4.98 Å². The molecule has 2 aromatic rings. The molecule has 1 atom stereocenters. The van der Waals surface area contributed by atoms with Gasteiger partial charge in [0.1, 0.15) is 0 Å². The second kappa shape index (κ2) is 6.83. The molecule has 2 nitrogen and oxygen atoms in total. The fraction of sp³-hybridized carbons (Fsp3) is 0.438. The lowest BCUT2D eigenvalue weighted by atomic mass is 9.94. The summed E-state index contributed by atoms with van der Waals surface area (Å²) in [5, 5.41) is 3.56. The minimum atomic E-state index is 0.517. The third-order valence-electron chi connectivity index (χ3n) is 3.25. The zero-order valence-corrected chi connectivity index (χ0v) is 12.7. The van der Waals surface area contributed by atoms with Gasteiger partial charge >= 0.3 is 0 Å². The zero-order chi connectivity index (χ0) is 13.7. The summed E-state index contributed by atoms with van der Waals surface area (Å²) in [5.74, 6) is 0.517. The zero-order valence-electron chi connectivity index (χ0n) is 11.9. The molecule has 1 N–H and O–H groups in total. The van der Waals surface area contributed by atoms with Gasteiger partial charge in [-0.05, 0) is 18.9 Å². The van der Waals surface area contributed by atoms with Gasteiger partial charge < -0.3 is 5.32 Å². The van der Waals surface area contributed by atoms with E-state index in [2.05, 4.69) is 55.3 Å². The van der Waals surface area contributed by atoms with E-state index in [9.17, 15) is 0 Å². The van der Waals surface area contributed by atoms with E-state index in [0.29, 0.717) is 12.0 Å². The summed E-state index contributed by atoms with van der Waals surface area (Å²) in [5.41, 5.74) is 4.64. The summed E-state index contributed by atoms with van der Waals surface area (Å²) >= 11 is 1.74. The van der Waals surface area contributed by atoms with Gasteiger partial charge in [-0.25, -0.2) is 0 Å². The minimum Gasteiger partial charge on any atom is -0.314 e. The Hall–Kier alpha value is -1.19. The quantitative estimate of drug-likeness (QED) is 0.867. The van der Waals surface area contributed by atoms with Crippen molar-refractivity contribution in [2.24, 2.45) is 0 Å². The van der Waals surface area contributed by atoms with Gasteiger partial charge in [0.05, 0.1) is 5.51 Å². The number of hydrogen-bond donors (Lipinski definition) is 1. The third kappa shape index (κ3) is 4.44. The van der Waals surface area contributed by atoms with Crippen LogP contribution >= 0.6 is 11.3 Å². The van der Waals surface area contributed by atoms with Crippen molar-refractivity contribution in [3.05, 3.63) is 52.0 Å². The number of hydrogen-bond acceptors (Lipinski definition) is 3. The minimum absolute atomic E-state index is 0.517. The van der Waals surface area contributed by atoms with Crippen LogP contribution < -0.4 is 5.32 Å². The Bertz CT molecular complexity index is 474. The van der Waals surface area contributed by atoms with Crippen LogP contribution in [0.15, 0.2) is 36.0 Å². The first-order valence-electron chi connectivity index (χ1n) is 6.82. The van der Waals surface area contributed by atoms with Crippen molar-refractivity contribution in [1.82, 2.24) is 10.3 Å². The number of thiazole rings is 1. The van der Waals surface area contributed by atoms with Gasteiger partial charge in [-0.2, -0.15) is 0 Å². The van der Waals surface area contributed by atoms with Crippen molar-refractivity contribution in [3.8, 4) is 0 Å². The first kappa shape index (κ1) is 14.2. The standard InChI is InChI=1S/C16H22N2S/c1-12(2)18-9-15(8-16-10-17-11-19-16)14-6-4-13(3)5-7-14/h4-7,10-12,15,18H,8-9H2,1-3H3. The summed E-state index contributed by atoms with van der Waals surface area (Å²) in [6.45, 7) is 7.53. The van der Waals surface area contributed by atoms with Crippen LogP contribution in [-0.4, -0.2) is 17.6 Å². The monoisotopic (exact) mass is 274 g/mol. The molecule has 1 heterocycles. The van der Waals surface area contributed by atoms with Gasteiger partial charge in [-0.15, -0.1) is 11.3 Å². The lowest BCUT2D eigenvalue weighted by Crippen LogP contribution is -2.28. The number of aromatic nitrogens is 1. The summed E-state index contributed by atoms with van der Waals surface area (Å²) in [6.07, 6.45) is 3.05. The number of rotatable bonds is 6. The molecule has 0 saturated heterocycles. The molecule has 0 aliphatic carbocycles. The molecule has 1 aromatic heterocycles. The molecule has 1 aromatic carbocycles. The second-order valence-electron chi connectivity index (χ2n) is 5.34. The normalized spacial score (nSPS) is 12.8. The Morgan fingerprint density at radius 3 is 2.53 bits per heavy atom. The molecule has 0 aliphatic rings. The molecule has 2 rings (SSSR count). The highest BCUT2D eigenvalue weighted by molar-refractivity contribution is 7.09. The SMILES string of the molecule is Cc1ccc(C(CNC(C)C)Cc2cncs2)cc1. The van der Waals surface area contributed by atoms with E-state index in [1.807, 2.05) is 11.7 Å². The number of benzene rings is 1. The van der Waals surface area contributed by atoms with E-state index >= 15 is 0 Å². The highest BCUT2D eigenvalue weighted by atomic mass is 32.1. The molecule has 0 spiro atoms. The van der Waals surface area contributed by atoms with E-state index < -0.39 is 0 Å². The lowest BCUT2D eigenvalue weighted by Gasteiger charge is -2.19. The van der Waals surface area contributed by atoms with Gasteiger partial charge in [-0.1, -0.05) is 43.7 Å². The van der Waals surface area contributed by atoms with Crippen molar-refractivity contribution in [3.63, 3.8) is 0 Å². The van der Waals surface area contributed by atoms with Crippen LogP contribution in [0.1, 0.15) is 35.8 Å². The molecule has 102 valence electrons. The number of nitrogens with zero attached hydrogens (tertiary/aromatic N) is 1. The molecule has 0 radical (unpaired) electrons. The Morgan fingerprint density at radius 2 is 1.95 bits per heavy atom. The van der Waals surface area contributed by atoms with Crippen molar-refractivity contribution < 1.29 is 0 Å². The van der Waals surface area contributed by atoms with Gasteiger partial charge in [0.15, 0.2) is 0 Å². The Kier molecular flexibility index (Phi) is 5.11. The molecule has 19 heavy (non-hydrogen) atoms. The molecule has 0 fully saturated rings. The van der Waals surface area contributed by atoms with E-state index in [1.165, 1.54) is 16.0 Å². The first-order chi connectivity index (χ1) is 9.15. The molecule has 1 unspecified atom stereocenters. The molecule has 0 bridgehead atoms. The van der Waals surface area contributed by atoms with E-state index in [-0.39, 0.29) is 0 Å². The van der Waals surface area contributed by atoms with Crippen molar-refractivity contribution in [1.29, 1.82) is 0 Å². The molecule has 0 aliphatic heterocycles. The van der Waals surface area contributed by atoms with Crippen LogP contribution in [0.2, 0.25) is 0 Å². The third-order valence-corrected chi connectivity index (χ3v) is 4.05. The van der Waals surface area contributed by atoms with Crippen LogP contribution in [0.3, 0.4) is 0 Å². The predicted molar refractivity (Wildman–Crippen MR) is 82.9 cm³/mol. The van der Waals surface area contributed by atoms with E-state index in [4.69, 9.17) is 0 Å². The summed E-state index contributed by atoms with van der Waals surface area (Å²) in [4.78, 5) is 5.53. The fourth-order valence-electron chi connectivity index (χ4n) is 2.11. The molecular formula is C16H22N2S. The van der Waals surface area contributed by atoms with Crippen molar-refractivity contribution >= 4 is 11.3 Å². The van der Waals surface area contributed by atoms with E-state index in [0.717, 1.165) is 13.0 Å². The first-order valence-corrected chi connectivity index (χ1v) is 7.70. The predicted octanol–water partition coefficient (Wildman–Crippen LogP) is 3.78. The topological polar surface area (TPSA) is 24.9 Å². The van der Waals surface area contributed by atoms with Crippen molar-refractivity contribution in [2.45, 2.75) is 39.2 Å². The van der Waals surface area contributed by atoms with Gasteiger partial charge in [0.2, 0.25) is 0 Å². The maximum absolute atomic E-state index is 4.18. The second-order valence-corrected chi connectivity index (χ2v) is 6.31. The number of nitrogens with one attached hydrogen (secondary N) is 1. The summed E-state index contributed by atoms with van der Waals surface area (Å²) in [7, 11) is 0. The smallest absolute Gasteiger partial charge is 0.0794 e. The fourth-order valence-corrected chi connectivity index (χ4v) is 2.79. The molecular weight excluding hydrogens is 252 g/mol. The largest absolute Gasteiger partial charge is 0.314 e. The van der Waals surface area contributed by atoms with Crippen LogP contribution in [-0.2, 0) is 6.42 Å². The Morgan fingerprint density at radius 1 is 1.21 bits per heavy atom. The van der Waals surface area contributed by atoms with E-state index in [1.54, 1.807) is 11.3 Å². The van der Waals surface area contributed by atoms with Crippen LogP contribution in [0.4, 0.5) is 0 Å². The van der Waals surface area contributed by atoms with Gasteiger partial charge in [0.25, 0.3) is 0 Å². The highest BCUT2D eigenvalue weighted by Crippen LogP contribution is 2.22.